The van der Waals surface area contributed by atoms with E-state index in [4.69, 9.17) is 14.6 Å². The number of carboxylic acid groups (broad SMARTS) is 1. The number of carbonyl (C=O) groups excluding carboxylic acids is 1. The number of epoxide rings is 1. The second-order valence-corrected chi connectivity index (χ2v) is 11.8. The first kappa shape index (κ1) is 48.0. The maximum atomic E-state index is 10.3. The van der Waals surface area contributed by atoms with E-state index in [1.165, 1.54) is 44.4 Å². The molecule has 5 atom stereocenters. The van der Waals surface area contributed by atoms with Gasteiger partial charge in [0.15, 0.2) is 0 Å². The number of carbonyl (C=O) groups is 2. The Labute approximate surface area is 283 Å². The third kappa shape index (κ3) is 34.5. The van der Waals surface area contributed by atoms with Crippen molar-refractivity contribution in [3.8, 4) is 0 Å². The van der Waals surface area contributed by atoms with Crippen LogP contribution in [0.1, 0.15) is 121 Å². The number of allylic oxidation sites excluding steroid dienone is 5. The first-order valence-electron chi connectivity index (χ1n) is 17.6. The molecule has 2 saturated heterocycles. The van der Waals surface area contributed by atoms with Crippen molar-refractivity contribution >= 4 is 11.9 Å². The summed E-state index contributed by atoms with van der Waals surface area (Å²) in [5, 5.41) is 21.3. The summed E-state index contributed by atoms with van der Waals surface area (Å²) in [5.74, 6) is 1.94. The molecular formula is C38H72N2O6. The van der Waals surface area contributed by atoms with Crippen LogP contribution in [-0.4, -0.2) is 78.1 Å². The molecule has 0 radical (unpaired) electrons. The van der Waals surface area contributed by atoms with Crippen LogP contribution in [0.2, 0.25) is 0 Å². The van der Waals surface area contributed by atoms with E-state index >= 15 is 0 Å². The molecule has 0 aromatic carbocycles. The van der Waals surface area contributed by atoms with Gasteiger partial charge in [-0.05, 0) is 65.7 Å². The van der Waals surface area contributed by atoms with E-state index in [9.17, 15) is 14.7 Å². The number of rotatable bonds is 5. The Kier molecular flexibility index (Phi) is 35.4. The van der Waals surface area contributed by atoms with Gasteiger partial charge in [-0.2, -0.15) is 0 Å². The lowest BCUT2D eigenvalue weighted by Gasteiger charge is -2.23. The number of nitrogens with one attached hydrogen (secondary N) is 1. The Morgan fingerprint density at radius 2 is 1.61 bits per heavy atom. The molecule has 0 bridgehead atoms. The SMILES string of the molecule is C/C=C\C=C\C.C=C1CC(O)CCC(C)C/C=C/C(C)CO1.CC.CC(C)=O.CCCCC1OC1CC.O=C(O)N1CCNCC1. The van der Waals surface area contributed by atoms with Crippen LogP contribution in [-0.2, 0) is 14.3 Å². The van der Waals surface area contributed by atoms with E-state index in [-0.39, 0.29) is 11.9 Å². The number of ether oxygens (including phenoxy) is 2. The number of hydrogen-bond donors (Lipinski definition) is 3. The minimum absolute atomic E-state index is 0.167. The molecule has 8 heteroatoms. The van der Waals surface area contributed by atoms with Gasteiger partial charge >= 0.3 is 6.09 Å². The van der Waals surface area contributed by atoms with Gasteiger partial charge in [-0.15, -0.1) is 0 Å². The molecule has 3 aliphatic heterocycles. The lowest BCUT2D eigenvalue weighted by atomic mass is 9.97. The number of ketones is 1. The predicted octanol–water partition coefficient (Wildman–Crippen LogP) is 8.96. The molecule has 270 valence electrons. The fourth-order valence-electron chi connectivity index (χ4n) is 4.14. The smallest absolute Gasteiger partial charge is 0.407 e. The Balaban J connectivity index is -0.000000533. The average Bonchev–Trinajstić information content (AvgIpc) is 3.81. The number of aliphatic hydroxyl groups is 1. The topological polar surface area (TPSA) is 112 Å². The molecule has 46 heavy (non-hydrogen) atoms. The van der Waals surface area contributed by atoms with Gasteiger partial charge < -0.3 is 34.7 Å². The number of nitrogens with zero attached hydrogens (tertiary/aromatic N) is 1. The molecule has 3 N–H and O–H groups in total. The highest BCUT2D eigenvalue weighted by molar-refractivity contribution is 5.72. The van der Waals surface area contributed by atoms with Crippen molar-refractivity contribution in [1.29, 1.82) is 0 Å². The quantitative estimate of drug-likeness (QED) is 0.154. The molecule has 0 saturated carbocycles. The molecule has 3 heterocycles. The molecule has 0 spiro atoms. The van der Waals surface area contributed by atoms with Crippen LogP contribution in [0, 0.1) is 11.8 Å². The van der Waals surface area contributed by atoms with E-state index in [1.807, 2.05) is 52.0 Å². The zero-order valence-corrected chi connectivity index (χ0v) is 31.2. The highest BCUT2D eigenvalue weighted by atomic mass is 16.6. The first-order valence-corrected chi connectivity index (χ1v) is 17.6. The number of piperazine rings is 1. The van der Waals surface area contributed by atoms with Crippen LogP contribution >= 0.6 is 0 Å². The van der Waals surface area contributed by atoms with Crippen LogP contribution in [0.5, 0.6) is 0 Å². The molecule has 3 aliphatic rings. The minimum Gasteiger partial charge on any atom is -0.498 e. The molecule has 0 aromatic heterocycles. The van der Waals surface area contributed by atoms with Gasteiger partial charge in [-0.3, -0.25) is 0 Å². The van der Waals surface area contributed by atoms with Gasteiger partial charge in [0, 0.05) is 38.5 Å². The van der Waals surface area contributed by atoms with Gasteiger partial charge in [0.2, 0.25) is 0 Å². The molecule has 2 fully saturated rings. The van der Waals surface area contributed by atoms with E-state index in [1.54, 1.807) is 0 Å². The summed E-state index contributed by atoms with van der Waals surface area (Å²) in [7, 11) is 0. The van der Waals surface area contributed by atoms with E-state index in [0.29, 0.717) is 55.9 Å². The average molecular weight is 653 g/mol. The highest BCUT2D eigenvalue weighted by Crippen LogP contribution is 2.29. The summed E-state index contributed by atoms with van der Waals surface area (Å²) >= 11 is 0. The van der Waals surface area contributed by atoms with Crippen LogP contribution in [0.4, 0.5) is 4.79 Å². The molecule has 3 rings (SSSR count). The van der Waals surface area contributed by atoms with Crippen molar-refractivity contribution in [3.05, 3.63) is 48.8 Å². The van der Waals surface area contributed by atoms with E-state index in [0.717, 1.165) is 32.4 Å². The van der Waals surface area contributed by atoms with E-state index < -0.39 is 6.09 Å². The maximum absolute atomic E-state index is 10.3. The number of amides is 1. The molecule has 1 amide bonds. The van der Waals surface area contributed by atoms with Crippen LogP contribution < -0.4 is 5.32 Å². The lowest BCUT2D eigenvalue weighted by Crippen LogP contribution is -2.45. The second-order valence-electron chi connectivity index (χ2n) is 11.8. The standard InChI is InChI=1S/C14H24O2.C8H16O.C6H10.C5H10N2O2.C3H6O.C2H6/c1-11-5-4-6-12(2)10-16-13(3)9-14(15)8-7-11;1-3-5-6-8-7(4-2)9-8;1-3-5-6-4-2;8-5(9)7-3-1-6-2-4-7;1-3(2)4;1-2/h4,6,11-12,14-15H,3,5,7-10H2,1-2H3;7-8H,3-6H2,1-2H3;3-6H,1-2H3;6H,1-4H2,(H,8,9);1-2H3;1-2H3/b6-4+;;5-3-,6-4+;;;. The van der Waals surface area contributed by atoms with Crippen molar-refractivity contribution in [2.75, 3.05) is 32.8 Å². The maximum Gasteiger partial charge on any atom is 0.407 e. The predicted molar refractivity (Wildman–Crippen MR) is 195 cm³/mol. The Morgan fingerprint density at radius 1 is 1.04 bits per heavy atom. The number of aliphatic hydroxyl groups excluding tert-OH is 1. The van der Waals surface area contributed by atoms with Gasteiger partial charge in [0.1, 0.15) is 5.78 Å². The molecule has 0 aromatic rings. The van der Waals surface area contributed by atoms with Crippen molar-refractivity contribution in [2.45, 2.75) is 139 Å². The van der Waals surface area contributed by atoms with Crippen LogP contribution in [0.25, 0.3) is 0 Å². The third-order valence-corrected chi connectivity index (χ3v) is 6.83. The monoisotopic (exact) mass is 653 g/mol. The molecule has 0 aliphatic carbocycles. The van der Waals surface area contributed by atoms with Crippen molar-refractivity contribution in [2.24, 2.45) is 11.8 Å². The fourth-order valence-corrected chi connectivity index (χ4v) is 4.14. The Hall–Kier alpha value is -2.42. The van der Waals surface area contributed by atoms with Gasteiger partial charge in [0.05, 0.1) is 30.7 Å². The van der Waals surface area contributed by atoms with Crippen molar-refractivity contribution in [1.82, 2.24) is 10.2 Å². The summed E-state index contributed by atoms with van der Waals surface area (Å²) in [5.41, 5.74) is 0. The van der Waals surface area contributed by atoms with E-state index in [2.05, 4.69) is 51.7 Å². The number of hydrogen-bond acceptors (Lipinski definition) is 6. The zero-order valence-electron chi connectivity index (χ0n) is 31.2. The first-order chi connectivity index (χ1) is 21.9. The Bertz CT molecular complexity index is 806. The highest BCUT2D eigenvalue weighted by Gasteiger charge is 2.35. The van der Waals surface area contributed by atoms with Crippen LogP contribution in [0.15, 0.2) is 48.8 Å². The van der Waals surface area contributed by atoms with Crippen molar-refractivity contribution < 1.29 is 29.3 Å². The summed E-state index contributed by atoms with van der Waals surface area (Å²) in [4.78, 5) is 21.1. The molecule has 8 nitrogen and oxygen atoms in total. The third-order valence-electron chi connectivity index (χ3n) is 6.83. The van der Waals surface area contributed by atoms with Gasteiger partial charge in [-0.1, -0.05) is 97.4 Å². The number of Topliss-reactive ketones (excluding diaryl/α,β-unsaturated/α-hetero) is 1. The molecule has 5 unspecified atom stereocenters. The normalized spacial score (nSPS) is 24.9. The minimum atomic E-state index is -0.809. The Morgan fingerprint density at radius 3 is 2.04 bits per heavy atom. The van der Waals surface area contributed by atoms with Crippen LogP contribution in [0.3, 0.4) is 0 Å². The van der Waals surface area contributed by atoms with Gasteiger partial charge in [0.25, 0.3) is 0 Å². The fraction of sp³-hybridized carbons (Fsp3) is 0.737. The largest absolute Gasteiger partial charge is 0.498 e. The summed E-state index contributed by atoms with van der Waals surface area (Å²) in [6.07, 6.45) is 21.3. The summed E-state index contributed by atoms with van der Waals surface area (Å²) < 4.78 is 10.9. The summed E-state index contributed by atoms with van der Waals surface area (Å²) in [6, 6.07) is 0. The molecular weight excluding hydrogens is 580 g/mol. The van der Waals surface area contributed by atoms with Gasteiger partial charge in [-0.25, -0.2) is 4.79 Å². The zero-order chi connectivity index (χ0) is 35.8. The summed E-state index contributed by atoms with van der Waals surface area (Å²) in [6.45, 7) is 27.2. The second kappa shape index (κ2) is 33.9. The van der Waals surface area contributed by atoms with Crippen molar-refractivity contribution in [3.63, 3.8) is 0 Å². The number of unbranched alkanes of at least 4 members (excludes halogenated alkanes) is 1. The lowest BCUT2D eigenvalue weighted by molar-refractivity contribution is -0.115.